The lowest BCUT2D eigenvalue weighted by Gasteiger charge is -2.35. The summed E-state index contributed by atoms with van der Waals surface area (Å²) in [5, 5.41) is 3.33. The van der Waals surface area contributed by atoms with Gasteiger partial charge in [-0.1, -0.05) is 6.07 Å². The van der Waals surface area contributed by atoms with Crippen LogP contribution in [0.2, 0.25) is 0 Å². The van der Waals surface area contributed by atoms with E-state index in [1.54, 1.807) is 0 Å². The van der Waals surface area contributed by atoms with Crippen LogP contribution in [0.5, 0.6) is 11.5 Å². The molecule has 0 saturated carbocycles. The van der Waals surface area contributed by atoms with Gasteiger partial charge in [0.15, 0.2) is 11.5 Å². The topological polar surface area (TPSA) is 33.7 Å². The molecule has 2 aliphatic heterocycles. The Morgan fingerprint density at radius 3 is 2.57 bits per heavy atom. The Morgan fingerprint density at radius 2 is 1.86 bits per heavy atom. The molecule has 0 aliphatic carbocycles. The van der Waals surface area contributed by atoms with Crippen LogP contribution in [0.1, 0.15) is 18.0 Å². The number of fused-ring (bicyclic) bond motifs is 1. The van der Waals surface area contributed by atoms with Gasteiger partial charge in [0.2, 0.25) is 0 Å². The molecule has 3 rings (SSSR count). The first-order valence-electron chi connectivity index (χ1n) is 7.29. The van der Waals surface area contributed by atoms with Gasteiger partial charge in [-0.05, 0) is 24.1 Å². The first-order chi connectivity index (χ1) is 9.88. The van der Waals surface area contributed by atoms with Crippen LogP contribution in [-0.2, 0) is 0 Å². The lowest BCUT2D eigenvalue weighted by Crippen LogP contribution is -2.45. The molecule has 2 heterocycles. The Hall–Kier alpha value is -1.04. The molecular weight excluding hydrogens is 295 g/mol. The number of piperazine rings is 1. The second-order valence-corrected chi connectivity index (χ2v) is 5.18. The molecule has 1 saturated heterocycles. The molecule has 1 fully saturated rings. The summed E-state index contributed by atoms with van der Waals surface area (Å²) in [4.78, 5) is 2.35. The molecule has 118 valence electrons. The van der Waals surface area contributed by atoms with Gasteiger partial charge in [-0.15, -0.1) is 12.4 Å². The van der Waals surface area contributed by atoms with Gasteiger partial charge in [-0.3, -0.25) is 9.29 Å². The van der Waals surface area contributed by atoms with Crippen molar-refractivity contribution in [1.29, 1.82) is 0 Å². The molecule has 2 aliphatic rings. The van der Waals surface area contributed by atoms with Crippen molar-refractivity contribution < 1.29 is 13.9 Å². The van der Waals surface area contributed by atoms with Gasteiger partial charge in [0.25, 0.3) is 0 Å². The Morgan fingerprint density at radius 1 is 1.14 bits per heavy atom. The summed E-state index contributed by atoms with van der Waals surface area (Å²) in [5.74, 6) is 1.58. The number of alkyl halides is 1. The smallest absolute Gasteiger partial charge is 0.161 e. The van der Waals surface area contributed by atoms with Crippen molar-refractivity contribution in [2.45, 2.75) is 12.5 Å². The second kappa shape index (κ2) is 7.82. The molecule has 1 atom stereocenters. The minimum absolute atomic E-state index is 0. The number of nitrogens with zero attached hydrogens (tertiary/aromatic N) is 1. The number of ether oxygens (including phenoxy) is 2. The SMILES string of the molecule is Cl.FCC[C@@H](c1ccc2c(c1)OCCO2)N1CCNCC1. The molecule has 1 aromatic carbocycles. The normalized spacial score (nSPS) is 19.7. The molecule has 21 heavy (non-hydrogen) atoms. The quantitative estimate of drug-likeness (QED) is 0.923. The van der Waals surface area contributed by atoms with Crippen molar-refractivity contribution in [3.05, 3.63) is 23.8 Å². The molecule has 6 heteroatoms. The second-order valence-electron chi connectivity index (χ2n) is 5.18. The van der Waals surface area contributed by atoms with Crippen LogP contribution in [0.15, 0.2) is 18.2 Å². The Bertz CT molecular complexity index is 455. The van der Waals surface area contributed by atoms with Crippen molar-refractivity contribution in [1.82, 2.24) is 10.2 Å². The summed E-state index contributed by atoms with van der Waals surface area (Å²) in [5.41, 5.74) is 1.12. The minimum atomic E-state index is -0.303. The fourth-order valence-corrected chi connectivity index (χ4v) is 2.92. The van der Waals surface area contributed by atoms with Gasteiger partial charge >= 0.3 is 0 Å². The van der Waals surface area contributed by atoms with Crippen LogP contribution in [0.25, 0.3) is 0 Å². The van der Waals surface area contributed by atoms with Crippen molar-refractivity contribution in [2.24, 2.45) is 0 Å². The Kier molecular flexibility index (Phi) is 6.08. The van der Waals surface area contributed by atoms with Gasteiger partial charge in [0, 0.05) is 32.2 Å². The largest absolute Gasteiger partial charge is 0.486 e. The third-order valence-corrected chi connectivity index (χ3v) is 3.93. The molecule has 1 aromatic rings. The van der Waals surface area contributed by atoms with Crippen LogP contribution in [-0.4, -0.2) is 51.0 Å². The van der Waals surface area contributed by atoms with E-state index in [-0.39, 0.29) is 25.1 Å². The van der Waals surface area contributed by atoms with Crippen LogP contribution in [0.3, 0.4) is 0 Å². The van der Waals surface area contributed by atoms with Crippen LogP contribution in [0.4, 0.5) is 4.39 Å². The summed E-state index contributed by atoms with van der Waals surface area (Å²) in [7, 11) is 0. The number of hydrogen-bond acceptors (Lipinski definition) is 4. The molecule has 1 N–H and O–H groups in total. The monoisotopic (exact) mass is 316 g/mol. The highest BCUT2D eigenvalue weighted by atomic mass is 35.5. The zero-order valence-electron chi connectivity index (χ0n) is 12.0. The van der Waals surface area contributed by atoms with Crippen LogP contribution < -0.4 is 14.8 Å². The number of rotatable bonds is 4. The number of halogens is 2. The first kappa shape index (κ1) is 16.3. The summed E-state index contributed by atoms with van der Waals surface area (Å²) in [6.45, 7) is 4.72. The number of nitrogens with one attached hydrogen (secondary N) is 1. The fourth-order valence-electron chi connectivity index (χ4n) is 2.92. The average Bonchev–Trinajstić information content (AvgIpc) is 2.53. The third kappa shape index (κ3) is 3.78. The van der Waals surface area contributed by atoms with Crippen molar-refractivity contribution >= 4 is 12.4 Å². The molecule has 0 aromatic heterocycles. The van der Waals surface area contributed by atoms with Gasteiger partial charge < -0.3 is 14.8 Å². The zero-order chi connectivity index (χ0) is 13.8. The summed E-state index contributed by atoms with van der Waals surface area (Å²) in [6, 6.07) is 6.11. The van der Waals surface area contributed by atoms with E-state index < -0.39 is 0 Å². The highest BCUT2D eigenvalue weighted by Gasteiger charge is 2.23. The molecule has 0 unspecified atom stereocenters. The molecular formula is C15H22ClFN2O2. The van der Waals surface area contributed by atoms with E-state index in [0.717, 1.165) is 43.2 Å². The summed E-state index contributed by atoms with van der Waals surface area (Å²) < 4.78 is 24.1. The first-order valence-corrected chi connectivity index (χ1v) is 7.29. The zero-order valence-corrected chi connectivity index (χ0v) is 12.8. The van der Waals surface area contributed by atoms with Crippen LogP contribution in [0, 0.1) is 0 Å². The van der Waals surface area contributed by atoms with Gasteiger partial charge in [-0.2, -0.15) is 0 Å². The minimum Gasteiger partial charge on any atom is -0.486 e. The van der Waals surface area contributed by atoms with E-state index >= 15 is 0 Å². The number of benzene rings is 1. The van der Waals surface area contributed by atoms with Gasteiger partial charge in [0.05, 0.1) is 6.67 Å². The molecule has 0 spiro atoms. The third-order valence-electron chi connectivity index (χ3n) is 3.93. The van der Waals surface area contributed by atoms with Gasteiger partial charge in [-0.25, -0.2) is 0 Å². The van der Waals surface area contributed by atoms with E-state index in [4.69, 9.17) is 9.47 Å². The Labute approximate surface area is 131 Å². The maximum absolute atomic E-state index is 12.9. The van der Waals surface area contributed by atoms with E-state index in [1.165, 1.54) is 0 Å². The standard InChI is InChI=1S/C15H21FN2O2.ClH/c16-4-3-13(18-7-5-17-6-8-18)12-1-2-14-15(11-12)20-10-9-19-14;/h1-2,11,13,17H,3-10H2;1H/t13-;/m0./s1. The molecule has 0 amide bonds. The molecule has 0 bridgehead atoms. The Balaban J connectivity index is 0.00000161. The summed E-state index contributed by atoms with van der Waals surface area (Å²) >= 11 is 0. The number of hydrogen-bond donors (Lipinski definition) is 1. The van der Waals surface area contributed by atoms with E-state index in [1.807, 2.05) is 18.2 Å². The summed E-state index contributed by atoms with van der Waals surface area (Å²) in [6.07, 6.45) is 0.527. The van der Waals surface area contributed by atoms with Crippen molar-refractivity contribution in [3.8, 4) is 11.5 Å². The maximum Gasteiger partial charge on any atom is 0.161 e. The maximum atomic E-state index is 12.9. The lowest BCUT2D eigenvalue weighted by atomic mass is 10.0. The fraction of sp³-hybridized carbons (Fsp3) is 0.600. The highest BCUT2D eigenvalue weighted by molar-refractivity contribution is 5.85. The van der Waals surface area contributed by atoms with Crippen molar-refractivity contribution in [3.63, 3.8) is 0 Å². The average molecular weight is 317 g/mol. The van der Waals surface area contributed by atoms with E-state index in [9.17, 15) is 4.39 Å². The lowest BCUT2D eigenvalue weighted by molar-refractivity contribution is 0.154. The predicted octanol–water partition coefficient (Wildman–Crippen LogP) is 2.19. The van der Waals surface area contributed by atoms with E-state index in [2.05, 4.69) is 10.2 Å². The van der Waals surface area contributed by atoms with Crippen LogP contribution >= 0.6 is 12.4 Å². The van der Waals surface area contributed by atoms with Crippen molar-refractivity contribution in [2.75, 3.05) is 46.1 Å². The predicted molar refractivity (Wildman–Crippen MR) is 82.5 cm³/mol. The highest BCUT2D eigenvalue weighted by Crippen LogP contribution is 2.35. The van der Waals surface area contributed by atoms with Gasteiger partial charge in [0.1, 0.15) is 13.2 Å². The molecule has 4 nitrogen and oxygen atoms in total. The van der Waals surface area contributed by atoms with E-state index in [0.29, 0.717) is 19.6 Å². The molecule has 0 radical (unpaired) electrons.